The van der Waals surface area contributed by atoms with Gasteiger partial charge in [0.25, 0.3) is 0 Å². The fourth-order valence-corrected chi connectivity index (χ4v) is 2.22. The maximum atomic E-state index is 10.7. The van der Waals surface area contributed by atoms with Gasteiger partial charge in [-0.1, -0.05) is 0 Å². The molecule has 0 aromatic carbocycles. The number of hydrogen-bond acceptors (Lipinski definition) is 3. The summed E-state index contributed by atoms with van der Waals surface area (Å²) in [6.45, 7) is 3.18. The molecule has 0 aromatic rings. The molecule has 0 unspecified atom stereocenters. The summed E-state index contributed by atoms with van der Waals surface area (Å²) in [4.78, 5) is 12.1. The van der Waals surface area contributed by atoms with E-state index >= 15 is 0 Å². The van der Waals surface area contributed by atoms with Crippen molar-refractivity contribution in [3.05, 3.63) is 0 Å². The molecule has 0 saturated carbocycles. The molecule has 0 aliphatic carbocycles. The Labute approximate surface area is 89.4 Å². The zero-order valence-corrected chi connectivity index (χ0v) is 8.82. The summed E-state index contributed by atoms with van der Waals surface area (Å²) in [6.07, 6.45) is 2.55. The summed E-state index contributed by atoms with van der Waals surface area (Å²) in [7, 11) is 0. The Morgan fingerprint density at radius 1 is 1.27 bits per heavy atom. The lowest BCUT2D eigenvalue weighted by Crippen LogP contribution is -2.36. The largest absolute Gasteiger partial charge is 0.465 e. The molecule has 1 amide bonds. The van der Waals surface area contributed by atoms with Crippen LogP contribution >= 0.6 is 0 Å². The lowest BCUT2D eigenvalue weighted by molar-refractivity contribution is -0.0201. The van der Waals surface area contributed by atoms with E-state index in [0.29, 0.717) is 19.2 Å². The SMILES string of the molecule is O=C(O)N1CC[C@@H](OC2CCNCC2)C1. The Morgan fingerprint density at radius 2 is 2.00 bits per heavy atom. The molecular weight excluding hydrogens is 196 g/mol. The molecule has 5 nitrogen and oxygen atoms in total. The smallest absolute Gasteiger partial charge is 0.407 e. The summed E-state index contributed by atoms with van der Waals surface area (Å²) in [5.74, 6) is 0. The maximum absolute atomic E-state index is 10.7. The molecule has 0 aromatic heterocycles. The lowest BCUT2D eigenvalue weighted by atomic mass is 10.1. The lowest BCUT2D eigenvalue weighted by Gasteiger charge is -2.26. The topological polar surface area (TPSA) is 61.8 Å². The second kappa shape index (κ2) is 4.81. The van der Waals surface area contributed by atoms with Crippen molar-refractivity contribution in [1.82, 2.24) is 10.2 Å². The maximum Gasteiger partial charge on any atom is 0.407 e. The van der Waals surface area contributed by atoms with E-state index in [9.17, 15) is 4.79 Å². The van der Waals surface area contributed by atoms with E-state index in [-0.39, 0.29) is 6.10 Å². The third-order valence-corrected chi connectivity index (χ3v) is 3.09. The average Bonchev–Trinajstić information content (AvgIpc) is 2.68. The van der Waals surface area contributed by atoms with Crippen LogP contribution in [0.25, 0.3) is 0 Å². The molecule has 2 heterocycles. The Balaban J connectivity index is 1.74. The van der Waals surface area contributed by atoms with Crippen LogP contribution in [-0.2, 0) is 4.74 Å². The van der Waals surface area contributed by atoms with E-state index in [0.717, 1.165) is 32.4 Å². The number of hydrogen-bond donors (Lipinski definition) is 2. The second-order valence-electron chi connectivity index (χ2n) is 4.22. The summed E-state index contributed by atoms with van der Waals surface area (Å²) in [5, 5.41) is 12.1. The van der Waals surface area contributed by atoms with Gasteiger partial charge in [-0.05, 0) is 32.4 Å². The molecule has 86 valence electrons. The van der Waals surface area contributed by atoms with Crippen LogP contribution in [0.2, 0.25) is 0 Å². The Morgan fingerprint density at radius 3 is 2.60 bits per heavy atom. The number of likely N-dealkylation sites (tertiary alicyclic amines) is 1. The molecule has 2 N–H and O–H groups in total. The van der Waals surface area contributed by atoms with Gasteiger partial charge >= 0.3 is 6.09 Å². The minimum absolute atomic E-state index is 0.115. The van der Waals surface area contributed by atoms with Crippen molar-refractivity contribution in [2.75, 3.05) is 26.2 Å². The van der Waals surface area contributed by atoms with E-state index in [1.807, 2.05) is 0 Å². The standard InChI is InChI=1S/C10H18N2O3/c13-10(14)12-6-3-9(7-12)15-8-1-4-11-5-2-8/h8-9,11H,1-7H2,(H,13,14)/t9-/m1/s1. The molecule has 2 rings (SSSR count). The number of rotatable bonds is 2. The Bertz CT molecular complexity index is 229. The van der Waals surface area contributed by atoms with Crippen LogP contribution in [0.3, 0.4) is 0 Å². The van der Waals surface area contributed by atoms with Crippen LogP contribution in [0.1, 0.15) is 19.3 Å². The zero-order valence-electron chi connectivity index (χ0n) is 8.82. The van der Waals surface area contributed by atoms with E-state index in [1.54, 1.807) is 0 Å². The van der Waals surface area contributed by atoms with Crippen molar-refractivity contribution in [1.29, 1.82) is 0 Å². The second-order valence-corrected chi connectivity index (χ2v) is 4.22. The molecule has 0 bridgehead atoms. The van der Waals surface area contributed by atoms with Gasteiger partial charge in [0.15, 0.2) is 0 Å². The molecule has 2 saturated heterocycles. The number of ether oxygens (including phenoxy) is 1. The van der Waals surface area contributed by atoms with Gasteiger partial charge in [0.05, 0.1) is 18.8 Å². The number of nitrogens with zero attached hydrogens (tertiary/aromatic N) is 1. The molecule has 2 aliphatic heterocycles. The van der Waals surface area contributed by atoms with E-state index in [2.05, 4.69) is 5.32 Å². The van der Waals surface area contributed by atoms with Crippen molar-refractivity contribution in [3.63, 3.8) is 0 Å². The first-order valence-electron chi connectivity index (χ1n) is 5.60. The number of nitrogens with one attached hydrogen (secondary N) is 1. The Hall–Kier alpha value is -0.810. The van der Waals surface area contributed by atoms with Gasteiger partial charge in [-0.15, -0.1) is 0 Å². The number of carboxylic acid groups (broad SMARTS) is 1. The van der Waals surface area contributed by atoms with Gasteiger partial charge in [-0.3, -0.25) is 0 Å². The van der Waals surface area contributed by atoms with Gasteiger partial charge in [0, 0.05) is 6.54 Å². The molecule has 1 atom stereocenters. The van der Waals surface area contributed by atoms with Gasteiger partial charge in [0.2, 0.25) is 0 Å². The number of carbonyl (C=O) groups is 1. The van der Waals surface area contributed by atoms with Crippen LogP contribution in [0.15, 0.2) is 0 Å². The first kappa shape index (κ1) is 10.7. The zero-order chi connectivity index (χ0) is 10.7. The van der Waals surface area contributed by atoms with Crippen LogP contribution < -0.4 is 5.32 Å². The fraction of sp³-hybridized carbons (Fsp3) is 0.900. The normalized spacial score (nSPS) is 28.3. The predicted octanol–water partition coefficient (Wildman–Crippen LogP) is 0.507. The minimum Gasteiger partial charge on any atom is -0.465 e. The highest BCUT2D eigenvalue weighted by Gasteiger charge is 2.28. The molecule has 15 heavy (non-hydrogen) atoms. The molecule has 0 spiro atoms. The van der Waals surface area contributed by atoms with Crippen LogP contribution in [0, 0.1) is 0 Å². The minimum atomic E-state index is -0.827. The van der Waals surface area contributed by atoms with Crippen LogP contribution in [0.4, 0.5) is 4.79 Å². The van der Waals surface area contributed by atoms with E-state index in [4.69, 9.17) is 9.84 Å². The van der Waals surface area contributed by atoms with E-state index in [1.165, 1.54) is 4.90 Å². The van der Waals surface area contributed by atoms with Gasteiger partial charge in [-0.25, -0.2) is 4.79 Å². The molecule has 0 radical (unpaired) electrons. The molecule has 5 heteroatoms. The van der Waals surface area contributed by atoms with Crippen molar-refractivity contribution in [3.8, 4) is 0 Å². The number of amides is 1. The first-order valence-corrected chi connectivity index (χ1v) is 5.60. The van der Waals surface area contributed by atoms with E-state index < -0.39 is 6.09 Å². The highest BCUT2D eigenvalue weighted by atomic mass is 16.5. The van der Waals surface area contributed by atoms with Crippen molar-refractivity contribution >= 4 is 6.09 Å². The molecule has 2 fully saturated rings. The third-order valence-electron chi connectivity index (χ3n) is 3.09. The third kappa shape index (κ3) is 2.82. The van der Waals surface area contributed by atoms with Crippen molar-refractivity contribution < 1.29 is 14.6 Å². The summed E-state index contributed by atoms with van der Waals surface area (Å²) >= 11 is 0. The van der Waals surface area contributed by atoms with Gasteiger partial charge < -0.3 is 20.1 Å². The van der Waals surface area contributed by atoms with Crippen LogP contribution in [0.5, 0.6) is 0 Å². The Kier molecular flexibility index (Phi) is 3.43. The highest BCUT2D eigenvalue weighted by Crippen LogP contribution is 2.18. The summed E-state index contributed by atoms with van der Waals surface area (Å²) in [5.41, 5.74) is 0. The van der Waals surface area contributed by atoms with Gasteiger partial charge in [0.1, 0.15) is 0 Å². The summed E-state index contributed by atoms with van der Waals surface area (Å²) in [6, 6.07) is 0. The average molecular weight is 214 g/mol. The van der Waals surface area contributed by atoms with Gasteiger partial charge in [-0.2, -0.15) is 0 Å². The van der Waals surface area contributed by atoms with Crippen LogP contribution in [-0.4, -0.2) is 54.5 Å². The summed E-state index contributed by atoms with van der Waals surface area (Å²) < 4.78 is 5.89. The highest BCUT2D eigenvalue weighted by molar-refractivity contribution is 5.65. The number of piperidine rings is 1. The monoisotopic (exact) mass is 214 g/mol. The fourth-order valence-electron chi connectivity index (χ4n) is 2.22. The first-order chi connectivity index (χ1) is 7.25. The molecular formula is C10H18N2O3. The predicted molar refractivity (Wildman–Crippen MR) is 55.0 cm³/mol. The molecule has 2 aliphatic rings. The van der Waals surface area contributed by atoms with Crippen molar-refractivity contribution in [2.24, 2.45) is 0 Å². The van der Waals surface area contributed by atoms with Crippen molar-refractivity contribution in [2.45, 2.75) is 31.5 Å². The quantitative estimate of drug-likeness (QED) is 0.703.